The van der Waals surface area contributed by atoms with E-state index in [9.17, 15) is 49.4 Å². The molecule has 400 valence electrons. The van der Waals surface area contributed by atoms with Gasteiger partial charge in [-0.25, -0.2) is 19.2 Å². The lowest BCUT2D eigenvalue weighted by Gasteiger charge is -2.54. The van der Waals surface area contributed by atoms with Crippen molar-refractivity contribution in [3.63, 3.8) is 0 Å². The maximum absolute atomic E-state index is 12.3. The highest BCUT2D eigenvalue weighted by molar-refractivity contribution is 5.88. The van der Waals surface area contributed by atoms with Gasteiger partial charge in [-0.3, -0.25) is 19.4 Å². The van der Waals surface area contributed by atoms with Crippen molar-refractivity contribution >= 4 is 35.8 Å². The third-order valence-electron chi connectivity index (χ3n) is 11.7. The van der Waals surface area contributed by atoms with E-state index in [1.807, 2.05) is 65.2 Å². The van der Waals surface area contributed by atoms with E-state index in [1.54, 1.807) is 0 Å². The molecule has 2 aliphatic rings. The summed E-state index contributed by atoms with van der Waals surface area (Å²) in [5, 5.41) is 45.0. The van der Waals surface area contributed by atoms with Gasteiger partial charge >= 0.3 is 35.8 Å². The van der Waals surface area contributed by atoms with Crippen molar-refractivity contribution in [2.75, 3.05) is 65.8 Å². The van der Waals surface area contributed by atoms with E-state index >= 15 is 0 Å². The number of hydroxylamine groups is 4. The fraction of sp³-hybridized carbons (Fsp3) is 0.720. The zero-order chi connectivity index (χ0) is 53.9. The normalized spacial score (nSPS) is 18.5. The van der Waals surface area contributed by atoms with E-state index < -0.39 is 70.2 Å². The first-order chi connectivity index (χ1) is 32.1. The Balaban J connectivity index is 0.000000710. The number of piperidine rings is 2. The molecule has 2 unspecified atom stereocenters. The van der Waals surface area contributed by atoms with Crippen molar-refractivity contribution in [3.8, 4) is 0 Å². The Hall–Kier alpha value is -4.54. The van der Waals surface area contributed by atoms with Crippen molar-refractivity contribution in [2.24, 2.45) is 0 Å². The summed E-state index contributed by atoms with van der Waals surface area (Å²) in [7, 11) is 0. The van der Waals surface area contributed by atoms with Gasteiger partial charge in [0.2, 0.25) is 0 Å². The molecule has 4 N–H and O–H groups in total. The van der Waals surface area contributed by atoms with Gasteiger partial charge in [-0.05, 0) is 109 Å². The zero-order valence-electron chi connectivity index (χ0n) is 43.9. The van der Waals surface area contributed by atoms with Gasteiger partial charge in [0.05, 0.1) is 12.8 Å². The van der Waals surface area contributed by atoms with Crippen LogP contribution in [0.4, 0.5) is 0 Å². The molecule has 2 fully saturated rings. The van der Waals surface area contributed by atoms with Crippen LogP contribution in [0.2, 0.25) is 0 Å². The summed E-state index contributed by atoms with van der Waals surface area (Å²) < 4.78 is 30.3. The molecule has 0 bridgehead atoms. The van der Waals surface area contributed by atoms with E-state index in [0.29, 0.717) is 38.8 Å². The number of rotatable bonds is 26. The largest absolute Gasteiger partial charge is 0.462 e. The molecule has 0 saturated carbocycles. The summed E-state index contributed by atoms with van der Waals surface area (Å²) in [5.41, 5.74) is -1.13. The highest BCUT2D eigenvalue weighted by Crippen LogP contribution is 2.40. The molecule has 0 aromatic heterocycles. The van der Waals surface area contributed by atoms with E-state index in [0.717, 1.165) is 0 Å². The Morgan fingerprint density at radius 1 is 0.486 bits per heavy atom. The average Bonchev–Trinajstić information content (AvgIpc) is 3.24. The van der Waals surface area contributed by atoms with E-state index in [4.69, 9.17) is 28.4 Å². The topological polar surface area (TPSA) is 252 Å². The predicted molar refractivity (Wildman–Crippen MR) is 259 cm³/mol. The van der Waals surface area contributed by atoms with Crippen LogP contribution in [0, 0.1) is 0 Å². The highest BCUT2D eigenvalue weighted by atomic mass is 16.6. The highest BCUT2D eigenvalue weighted by Gasteiger charge is 2.48. The molecule has 0 spiro atoms. The van der Waals surface area contributed by atoms with Crippen molar-refractivity contribution in [3.05, 3.63) is 48.6 Å². The molecule has 0 aliphatic carbocycles. The smallest absolute Gasteiger partial charge is 0.333 e. The first-order valence-corrected chi connectivity index (χ1v) is 23.6. The molecule has 2 heterocycles. The van der Waals surface area contributed by atoms with Gasteiger partial charge in [0.1, 0.15) is 51.8 Å². The maximum atomic E-state index is 12.3. The van der Waals surface area contributed by atoms with Crippen LogP contribution in [-0.2, 0) is 57.2 Å². The number of carbonyl (C=O) groups excluding carboxylic acids is 6. The molecular weight excluding hydrogens is 913 g/mol. The minimum atomic E-state index is -0.998. The van der Waals surface area contributed by atoms with Gasteiger partial charge in [0.25, 0.3) is 0 Å². The van der Waals surface area contributed by atoms with Gasteiger partial charge < -0.3 is 49.0 Å². The number of hydrogen-bond acceptors (Lipinski definition) is 20. The van der Waals surface area contributed by atoms with Gasteiger partial charge in [0, 0.05) is 82.7 Å². The fourth-order valence-corrected chi connectivity index (χ4v) is 8.48. The Kier molecular flexibility index (Phi) is 25.8. The molecule has 2 atom stereocenters. The van der Waals surface area contributed by atoms with Crippen molar-refractivity contribution < 1.29 is 77.8 Å². The minimum absolute atomic E-state index is 0.0166. The SMILES string of the molecule is C=C(C)C(=O)OCC(O)CN(CC(O)COC(=O)C(=C)C)C1CC(C)(C)N(O)C(C)(C)C1.C=C(C)C(=O)OCCOC(=O)CCN(CCC(=O)OCCOC(=O)C(=C)C)C1CC(C)(C)N(O)C(C)(C)C1. The number of esters is 6. The lowest BCUT2D eigenvalue weighted by molar-refractivity contribution is -0.253. The lowest BCUT2D eigenvalue weighted by Crippen LogP contribution is -2.64. The van der Waals surface area contributed by atoms with Gasteiger partial charge in [-0.1, -0.05) is 26.3 Å². The summed E-state index contributed by atoms with van der Waals surface area (Å²) in [6.45, 7) is 35.8. The van der Waals surface area contributed by atoms with Crippen molar-refractivity contribution in [2.45, 2.75) is 168 Å². The summed E-state index contributed by atoms with van der Waals surface area (Å²) in [5.74, 6) is -3.18. The summed E-state index contributed by atoms with van der Waals surface area (Å²) in [4.78, 5) is 74.7. The number of aliphatic hydroxyl groups is 2. The van der Waals surface area contributed by atoms with Crippen molar-refractivity contribution in [1.29, 1.82) is 0 Å². The molecule has 0 aromatic carbocycles. The van der Waals surface area contributed by atoms with Gasteiger partial charge in [0.15, 0.2) is 0 Å². The fourth-order valence-electron chi connectivity index (χ4n) is 8.48. The Labute approximate surface area is 415 Å². The van der Waals surface area contributed by atoms with E-state index in [-0.39, 0.29) is 99.9 Å². The monoisotopic (exact) mass is 997 g/mol. The molecule has 2 saturated heterocycles. The molecule has 2 aliphatic heterocycles. The van der Waals surface area contributed by atoms with Crippen LogP contribution in [0.3, 0.4) is 0 Å². The van der Waals surface area contributed by atoms with Crippen LogP contribution >= 0.6 is 0 Å². The number of carbonyl (C=O) groups is 6. The summed E-state index contributed by atoms with van der Waals surface area (Å²) in [6.07, 6.45) is 0.521. The van der Waals surface area contributed by atoms with Crippen LogP contribution in [-0.4, -0.2) is 189 Å². The van der Waals surface area contributed by atoms with Gasteiger partial charge in [-0.15, -0.1) is 0 Å². The molecule has 0 amide bonds. The van der Waals surface area contributed by atoms with Crippen LogP contribution in [0.5, 0.6) is 0 Å². The van der Waals surface area contributed by atoms with Crippen LogP contribution < -0.4 is 0 Å². The molecular formula is C50H84N4O16. The molecule has 2 rings (SSSR count). The average molecular weight is 997 g/mol. The Morgan fingerprint density at radius 3 is 1.03 bits per heavy atom. The van der Waals surface area contributed by atoms with Crippen LogP contribution in [0.15, 0.2) is 48.6 Å². The second-order valence-electron chi connectivity index (χ2n) is 20.8. The first-order valence-electron chi connectivity index (χ1n) is 23.6. The molecule has 20 nitrogen and oxygen atoms in total. The third kappa shape index (κ3) is 22.3. The lowest BCUT2D eigenvalue weighted by atomic mass is 9.78. The second-order valence-corrected chi connectivity index (χ2v) is 20.8. The quantitative estimate of drug-likeness (QED) is 0.0404. The van der Waals surface area contributed by atoms with E-state index in [1.165, 1.54) is 37.8 Å². The molecule has 70 heavy (non-hydrogen) atoms. The number of aliphatic hydroxyl groups excluding tert-OH is 2. The second kappa shape index (κ2) is 28.5. The van der Waals surface area contributed by atoms with Gasteiger partial charge in [-0.2, -0.15) is 10.1 Å². The predicted octanol–water partition coefficient (Wildman–Crippen LogP) is 4.46. The van der Waals surface area contributed by atoms with Crippen molar-refractivity contribution in [1.82, 2.24) is 19.9 Å². The minimum Gasteiger partial charge on any atom is -0.462 e. The zero-order valence-corrected chi connectivity index (χ0v) is 43.9. The number of ether oxygens (including phenoxy) is 6. The Morgan fingerprint density at radius 2 is 0.743 bits per heavy atom. The number of hydrogen-bond donors (Lipinski definition) is 4. The molecule has 0 aromatic rings. The molecule has 20 heteroatoms. The number of nitrogens with zero attached hydrogens (tertiary/aromatic N) is 4. The molecule has 0 radical (unpaired) electrons. The first kappa shape index (κ1) is 63.5. The third-order valence-corrected chi connectivity index (χ3v) is 11.7. The maximum Gasteiger partial charge on any atom is 0.333 e. The summed E-state index contributed by atoms with van der Waals surface area (Å²) >= 11 is 0. The van der Waals surface area contributed by atoms with E-state index in [2.05, 4.69) is 26.3 Å². The Bertz CT molecular complexity index is 1720. The van der Waals surface area contributed by atoms with Crippen LogP contribution in [0.1, 0.15) is 122 Å². The standard InChI is InChI=1S/C27H44N2O9.C23H40N2O7/c1-19(2)24(32)37-15-13-35-22(30)9-11-28(21-17-26(5,6)29(34)27(7,8)18-21)12-10-23(31)36-14-16-38-25(33)20(3)4;1-15(2)20(28)31-13-18(26)11-24(12-19(27)14-32-21(29)16(3)4)17-9-22(5,6)25(30)23(7,8)10-17/h21,34H,1,3,9-18H2,2,4-8H3;17-19,26-27,30H,1,3,9-14H2,2,4-8H3. The summed E-state index contributed by atoms with van der Waals surface area (Å²) in [6, 6.07) is -0.113. The van der Waals surface area contributed by atoms with Crippen LogP contribution in [0.25, 0.3) is 0 Å².